The molecular weight excluding hydrogens is 280 g/mol. The Hall–Kier alpha value is -1.75. The molecule has 2 heterocycles. The molecule has 22 heavy (non-hydrogen) atoms. The van der Waals surface area contributed by atoms with Gasteiger partial charge < -0.3 is 20.1 Å². The molecule has 5 nitrogen and oxygen atoms in total. The summed E-state index contributed by atoms with van der Waals surface area (Å²) >= 11 is 0. The van der Waals surface area contributed by atoms with Crippen molar-refractivity contribution in [3.63, 3.8) is 0 Å². The van der Waals surface area contributed by atoms with E-state index < -0.39 is 0 Å². The van der Waals surface area contributed by atoms with Crippen LogP contribution in [0.5, 0.6) is 11.5 Å². The van der Waals surface area contributed by atoms with Gasteiger partial charge in [0.2, 0.25) is 12.7 Å². The predicted molar refractivity (Wildman–Crippen MR) is 81.7 cm³/mol. The third-order valence-corrected chi connectivity index (χ3v) is 5.41. The van der Waals surface area contributed by atoms with Gasteiger partial charge in [-0.05, 0) is 31.4 Å². The molecule has 118 valence electrons. The number of carbonyl (C=O) groups excluding carboxylic acids is 1. The van der Waals surface area contributed by atoms with E-state index in [0.29, 0.717) is 12.5 Å². The lowest BCUT2D eigenvalue weighted by Crippen LogP contribution is -2.47. The van der Waals surface area contributed by atoms with Crippen LogP contribution in [-0.4, -0.2) is 25.8 Å². The standard InChI is InChI=1S/C17H22N2O3/c20-16(17-7-2-1-5-13(17)9-18-10-17)19-8-12-4-3-6-14-15(12)22-11-21-14/h3-4,6,13,18H,1-2,5,7-11H2,(H,19,20)/t13-,17+/m0/s1. The van der Waals surface area contributed by atoms with Crippen LogP contribution in [0, 0.1) is 11.3 Å². The third kappa shape index (κ3) is 2.15. The zero-order chi connectivity index (χ0) is 15.0. The minimum Gasteiger partial charge on any atom is -0.454 e. The highest BCUT2D eigenvalue weighted by Gasteiger charge is 2.49. The molecule has 2 aliphatic heterocycles. The maximum Gasteiger partial charge on any atom is 0.231 e. The zero-order valence-electron chi connectivity index (χ0n) is 12.7. The highest BCUT2D eigenvalue weighted by molar-refractivity contribution is 5.84. The number of nitrogens with one attached hydrogen (secondary N) is 2. The van der Waals surface area contributed by atoms with E-state index in [9.17, 15) is 4.79 Å². The SMILES string of the molecule is O=C(NCc1cccc2c1OCO2)[C@@]12CCCC[C@H]1CNC2. The molecule has 1 aromatic rings. The number of para-hydroxylation sites is 1. The van der Waals surface area contributed by atoms with Crippen molar-refractivity contribution in [2.75, 3.05) is 19.9 Å². The van der Waals surface area contributed by atoms with Crippen LogP contribution in [0.15, 0.2) is 18.2 Å². The first-order valence-electron chi connectivity index (χ1n) is 8.16. The molecule has 2 atom stereocenters. The van der Waals surface area contributed by atoms with E-state index in [1.807, 2.05) is 18.2 Å². The predicted octanol–water partition coefficient (Wildman–Crippen LogP) is 1.81. The van der Waals surface area contributed by atoms with Gasteiger partial charge in [-0.3, -0.25) is 4.79 Å². The van der Waals surface area contributed by atoms with Gasteiger partial charge in [0, 0.05) is 18.7 Å². The van der Waals surface area contributed by atoms with Gasteiger partial charge in [-0.1, -0.05) is 25.0 Å². The lowest BCUT2D eigenvalue weighted by atomic mass is 9.67. The van der Waals surface area contributed by atoms with Gasteiger partial charge in [-0.15, -0.1) is 0 Å². The van der Waals surface area contributed by atoms with E-state index in [2.05, 4.69) is 10.6 Å². The normalized spacial score (nSPS) is 29.2. The van der Waals surface area contributed by atoms with Crippen LogP contribution in [0.2, 0.25) is 0 Å². The molecule has 0 unspecified atom stereocenters. The largest absolute Gasteiger partial charge is 0.454 e. The van der Waals surface area contributed by atoms with Crippen LogP contribution in [0.1, 0.15) is 31.2 Å². The second kappa shape index (κ2) is 5.47. The molecule has 0 bridgehead atoms. The summed E-state index contributed by atoms with van der Waals surface area (Å²) in [5, 5.41) is 6.57. The quantitative estimate of drug-likeness (QED) is 0.894. The van der Waals surface area contributed by atoms with Crippen molar-refractivity contribution in [2.24, 2.45) is 11.3 Å². The summed E-state index contributed by atoms with van der Waals surface area (Å²) in [5.41, 5.74) is 0.783. The Bertz CT molecular complexity index is 589. The Morgan fingerprint density at radius 1 is 1.36 bits per heavy atom. The first-order chi connectivity index (χ1) is 10.8. The fraction of sp³-hybridized carbons (Fsp3) is 0.588. The Morgan fingerprint density at radius 2 is 2.32 bits per heavy atom. The minimum absolute atomic E-state index is 0.193. The van der Waals surface area contributed by atoms with E-state index in [1.54, 1.807) is 0 Å². The molecule has 5 heteroatoms. The van der Waals surface area contributed by atoms with Gasteiger partial charge in [0.25, 0.3) is 0 Å². The van der Waals surface area contributed by atoms with E-state index in [4.69, 9.17) is 9.47 Å². The van der Waals surface area contributed by atoms with Crippen molar-refractivity contribution in [1.82, 2.24) is 10.6 Å². The minimum atomic E-state index is -0.201. The molecule has 1 amide bonds. The fourth-order valence-electron chi connectivity index (χ4n) is 4.17. The van der Waals surface area contributed by atoms with Gasteiger partial charge in [-0.25, -0.2) is 0 Å². The van der Waals surface area contributed by atoms with E-state index in [-0.39, 0.29) is 18.1 Å². The van der Waals surface area contributed by atoms with Crippen molar-refractivity contribution in [1.29, 1.82) is 0 Å². The molecule has 0 aromatic heterocycles. The monoisotopic (exact) mass is 302 g/mol. The maximum atomic E-state index is 12.9. The summed E-state index contributed by atoms with van der Waals surface area (Å²) in [4.78, 5) is 12.9. The van der Waals surface area contributed by atoms with Crippen LogP contribution in [-0.2, 0) is 11.3 Å². The number of amides is 1. The molecule has 2 fully saturated rings. The van der Waals surface area contributed by atoms with Crippen molar-refractivity contribution in [3.8, 4) is 11.5 Å². The number of hydrogen-bond acceptors (Lipinski definition) is 4. The van der Waals surface area contributed by atoms with Crippen molar-refractivity contribution in [3.05, 3.63) is 23.8 Å². The highest BCUT2D eigenvalue weighted by Crippen LogP contribution is 2.44. The molecule has 2 N–H and O–H groups in total. The van der Waals surface area contributed by atoms with Gasteiger partial charge in [0.05, 0.1) is 5.41 Å². The number of hydrogen-bond donors (Lipinski definition) is 2. The van der Waals surface area contributed by atoms with Crippen LogP contribution in [0.25, 0.3) is 0 Å². The molecule has 1 saturated carbocycles. The lowest BCUT2D eigenvalue weighted by molar-refractivity contribution is -0.134. The summed E-state index contributed by atoms with van der Waals surface area (Å²) in [7, 11) is 0. The number of carbonyl (C=O) groups is 1. The molecular formula is C17H22N2O3. The number of fused-ring (bicyclic) bond motifs is 2. The van der Waals surface area contributed by atoms with Crippen molar-refractivity contribution < 1.29 is 14.3 Å². The van der Waals surface area contributed by atoms with Crippen molar-refractivity contribution >= 4 is 5.91 Å². The van der Waals surface area contributed by atoms with E-state index >= 15 is 0 Å². The van der Waals surface area contributed by atoms with Crippen LogP contribution < -0.4 is 20.1 Å². The van der Waals surface area contributed by atoms with Gasteiger partial charge in [-0.2, -0.15) is 0 Å². The van der Waals surface area contributed by atoms with E-state index in [0.717, 1.165) is 49.4 Å². The Balaban J connectivity index is 1.48. The molecule has 3 aliphatic rings. The fourth-order valence-corrected chi connectivity index (χ4v) is 4.17. The van der Waals surface area contributed by atoms with Gasteiger partial charge in [0.1, 0.15) is 0 Å². The lowest BCUT2D eigenvalue weighted by Gasteiger charge is -2.37. The Morgan fingerprint density at radius 3 is 3.27 bits per heavy atom. The van der Waals surface area contributed by atoms with E-state index in [1.165, 1.54) is 6.42 Å². The average Bonchev–Trinajstić information content (AvgIpc) is 3.19. The first-order valence-corrected chi connectivity index (χ1v) is 8.16. The summed E-state index contributed by atoms with van der Waals surface area (Å²) in [6, 6.07) is 5.81. The number of benzene rings is 1. The smallest absolute Gasteiger partial charge is 0.231 e. The van der Waals surface area contributed by atoms with Gasteiger partial charge in [0.15, 0.2) is 11.5 Å². The van der Waals surface area contributed by atoms with Gasteiger partial charge >= 0.3 is 0 Å². The second-order valence-corrected chi connectivity index (χ2v) is 6.56. The molecule has 4 rings (SSSR count). The highest BCUT2D eigenvalue weighted by atomic mass is 16.7. The third-order valence-electron chi connectivity index (χ3n) is 5.41. The first kappa shape index (κ1) is 13.9. The molecule has 1 aliphatic carbocycles. The van der Waals surface area contributed by atoms with Crippen LogP contribution >= 0.6 is 0 Å². The van der Waals surface area contributed by atoms with Crippen LogP contribution in [0.4, 0.5) is 0 Å². The van der Waals surface area contributed by atoms with Crippen molar-refractivity contribution in [2.45, 2.75) is 32.2 Å². The molecule has 0 spiro atoms. The zero-order valence-corrected chi connectivity index (χ0v) is 12.7. The Labute approximate surface area is 130 Å². The molecule has 1 aromatic carbocycles. The maximum absolute atomic E-state index is 12.9. The molecule has 0 radical (unpaired) electrons. The van der Waals surface area contributed by atoms with Crippen LogP contribution in [0.3, 0.4) is 0 Å². The summed E-state index contributed by atoms with van der Waals surface area (Å²) in [6.07, 6.45) is 4.57. The second-order valence-electron chi connectivity index (χ2n) is 6.56. The molecule has 1 saturated heterocycles. The number of ether oxygens (including phenoxy) is 2. The Kier molecular flexibility index (Phi) is 3.45. The average molecular weight is 302 g/mol. The topological polar surface area (TPSA) is 59.6 Å². The summed E-state index contributed by atoms with van der Waals surface area (Å²) < 4.78 is 10.9. The summed E-state index contributed by atoms with van der Waals surface area (Å²) in [5.74, 6) is 2.22. The summed E-state index contributed by atoms with van der Waals surface area (Å²) in [6.45, 7) is 2.55. The number of rotatable bonds is 3.